The number of carbonyl (C=O) groups excluding carboxylic acids is 1. The van der Waals surface area contributed by atoms with Gasteiger partial charge in [-0.1, -0.05) is 48.0 Å². The lowest BCUT2D eigenvalue weighted by Crippen LogP contribution is -2.49. The third kappa shape index (κ3) is 9.00. The molecule has 0 aliphatic carbocycles. The topological polar surface area (TPSA) is 124 Å². The number of esters is 1. The van der Waals surface area contributed by atoms with Crippen molar-refractivity contribution in [1.29, 1.82) is 0 Å². The minimum absolute atomic E-state index is 0.168. The number of benzene rings is 4. The van der Waals surface area contributed by atoms with E-state index in [4.69, 9.17) is 36.0 Å². The number of hydrogen-bond acceptors (Lipinski definition) is 9. The van der Waals surface area contributed by atoms with Crippen LogP contribution in [0, 0.1) is 0 Å². The predicted octanol–water partition coefficient (Wildman–Crippen LogP) is 7.15. The van der Waals surface area contributed by atoms with Crippen LogP contribution in [0.4, 0.5) is 5.69 Å². The molecule has 8 bridgehead atoms. The zero-order chi connectivity index (χ0) is 45.4. The van der Waals surface area contributed by atoms with E-state index >= 15 is 0 Å². The van der Waals surface area contributed by atoms with E-state index in [0.717, 1.165) is 92.8 Å². The molecule has 3 aromatic heterocycles. The van der Waals surface area contributed by atoms with Gasteiger partial charge in [-0.25, -0.2) is 17.6 Å². The SMILES string of the molecule is COC(=O)c1c2c3ccc(Cl)c(c3n1C)-c1c(COc3ccc(N4CCN(S(=O)N(C)C)CC4)cc3)nn(C)c1CNCc1cc(n(C)n1)CCc1cc(c3ccccc3c1)OCCC2. The van der Waals surface area contributed by atoms with Crippen LogP contribution >= 0.6 is 11.6 Å². The lowest BCUT2D eigenvalue weighted by molar-refractivity contribution is 0.0589. The van der Waals surface area contributed by atoms with E-state index in [1.54, 1.807) is 4.31 Å². The van der Waals surface area contributed by atoms with Crippen LogP contribution in [0.15, 0.2) is 78.9 Å². The number of hydrogen-bond donors (Lipinski definition) is 1. The largest absolute Gasteiger partial charge is 0.493 e. The molecule has 16 heteroatoms. The quantitative estimate of drug-likeness (QED) is 0.166. The fraction of sp³-hybridized carbons (Fsp3) is 0.367. The van der Waals surface area contributed by atoms with Crippen molar-refractivity contribution in [3.63, 3.8) is 0 Å². The Hall–Kier alpha value is -5.71. The van der Waals surface area contributed by atoms with Gasteiger partial charge in [-0.3, -0.25) is 9.36 Å². The highest BCUT2D eigenvalue weighted by molar-refractivity contribution is 7.80. The van der Waals surface area contributed by atoms with Gasteiger partial charge < -0.3 is 29.0 Å². The molecule has 1 saturated heterocycles. The highest BCUT2D eigenvalue weighted by Crippen LogP contribution is 2.43. The van der Waals surface area contributed by atoms with Crippen LogP contribution in [-0.2, 0) is 76.0 Å². The average Bonchev–Trinajstić information content (AvgIpc) is 3.93. The molecule has 2 aliphatic heterocycles. The summed E-state index contributed by atoms with van der Waals surface area (Å²) in [4.78, 5) is 16.0. The van der Waals surface area contributed by atoms with Crippen LogP contribution in [-0.4, -0.2) is 96.9 Å². The molecule has 0 spiro atoms. The second-order valence-electron chi connectivity index (χ2n) is 17.0. The Kier molecular flexibility index (Phi) is 13.0. The van der Waals surface area contributed by atoms with Gasteiger partial charge in [0.1, 0.15) is 29.5 Å². The number of fused-ring (bicyclic) bond motifs is 8. The van der Waals surface area contributed by atoms with Gasteiger partial charge in [0.05, 0.1) is 35.6 Å². The fourth-order valence-corrected chi connectivity index (χ4v) is 10.6. The summed E-state index contributed by atoms with van der Waals surface area (Å²) in [5.41, 5.74) is 9.74. The number of methoxy groups -OCH3 is 1. The van der Waals surface area contributed by atoms with E-state index in [1.807, 2.05) is 83.8 Å². The summed E-state index contributed by atoms with van der Waals surface area (Å²) in [6, 6.07) is 26.9. The highest BCUT2D eigenvalue weighted by Gasteiger charge is 2.29. The lowest BCUT2D eigenvalue weighted by atomic mass is 9.97. The highest BCUT2D eigenvalue weighted by atomic mass is 35.5. The Morgan fingerprint density at radius 1 is 0.877 bits per heavy atom. The van der Waals surface area contributed by atoms with Crippen LogP contribution in [0.1, 0.15) is 50.8 Å². The van der Waals surface area contributed by atoms with Crippen molar-refractivity contribution in [1.82, 2.24) is 38.1 Å². The first kappa shape index (κ1) is 44.5. The number of ether oxygens (including phenoxy) is 3. The molecule has 5 heterocycles. The molecule has 65 heavy (non-hydrogen) atoms. The van der Waals surface area contributed by atoms with Crippen LogP contribution < -0.4 is 19.7 Å². The third-order valence-electron chi connectivity index (χ3n) is 12.6. The number of piperazine rings is 1. The first-order valence-corrected chi connectivity index (χ1v) is 23.6. The Bertz CT molecular complexity index is 2900. The fourth-order valence-electron chi connectivity index (χ4n) is 9.40. The molecule has 1 fully saturated rings. The molecule has 340 valence electrons. The smallest absolute Gasteiger partial charge is 0.354 e. The van der Waals surface area contributed by atoms with Gasteiger partial charge in [0.2, 0.25) is 0 Å². The maximum atomic E-state index is 13.7. The van der Waals surface area contributed by atoms with E-state index in [9.17, 15) is 9.00 Å². The Morgan fingerprint density at radius 2 is 1.66 bits per heavy atom. The number of nitrogens with one attached hydrogen (secondary N) is 1. The van der Waals surface area contributed by atoms with Crippen molar-refractivity contribution in [2.75, 3.05) is 58.9 Å². The molecule has 0 saturated carbocycles. The molecule has 9 rings (SSSR count). The predicted molar refractivity (Wildman–Crippen MR) is 257 cm³/mol. The van der Waals surface area contributed by atoms with Gasteiger partial charge >= 0.3 is 5.97 Å². The van der Waals surface area contributed by atoms with Crippen molar-refractivity contribution >= 4 is 56.1 Å². The minimum Gasteiger partial charge on any atom is -0.493 e. The number of rotatable bonds is 7. The lowest BCUT2D eigenvalue weighted by Gasteiger charge is -2.36. The molecule has 1 unspecified atom stereocenters. The molecule has 14 nitrogen and oxygen atoms in total. The zero-order valence-corrected chi connectivity index (χ0v) is 39.5. The Morgan fingerprint density at radius 3 is 2.43 bits per heavy atom. The zero-order valence-electron chi connectivity index (χ0n) is 37.9. The van der Waals surface area contributed by atoms with E-state index in [1.165, 1.54) is 12.7 Å². The summed E-state index contributed by atoms with van der Waals surface area (Å²) in [6.07, 6.45) is 2.89. The monoisotopic (exact) mass is 917 g/mol. The van der Waals surface area contributed by atoms with Crippen molar-refractivity contribution in [2.24, 2.45) is 21.1 Å². The van der Waals surface area contributed by atoms with Gasteiger partial charge in [0.15, 0.2) is 11.2 Å². The third-order valence-corrected chi connectivity index (χ3v) is 14.4. The van der Waals surface area contributed by atoms with Crippen LogP contribution in [0.5, 0.6) is 11.5 Å². The first-order valence-electron chi connectivity index (χ1n) is 22.1. The minimum atomic E-state index is -1.14. The number of nitrogens with zero attached hydrogens (tertiary/aromatic N) is 8. The van der Waals surface area contributed by atoms with Crippen molar-refractivity contribution in [2.45, 2.75) is 45.4 Å². The van der Waals surface area contributed by atoms with E-state index < -0.39 is 17.1 Å². The standard InChI is InChI=1S/C49H56ClN9O5S/c1-54(2)65(61)59-23-21-58(22-24-59)35-15-17-37(18-16-35)64-31-42-46-43(57(5)53-42)30-51-29-34-28-36(56(4)52-34)14-13-32-26-33-10-7-8-11-38(33)44(27-32)63-25-9-12-39-40-19-20-41(50)45(46)47(40)55(3)48(39)49(60)62-6/h7-8,10-11,15-20,26-28,51H,9,12-14,21-25,29-31H2,1-6H3. The Balaban J connectivity index is 1.07. The summed E-state index contributed by atoms with van der Waals surface area (Å²) in [6.45, 7) is 4.59. The summed E-state index contributed by atoms with van der Waals surface area (Å²) in [5.74, 6) is 1.13. The van der Waals surface area contributed by atoms with E-state index in [0.29, 0.717) is 67.8 Å². The molecule has 0 radical (unpaired) electrons. The summed E-state index contributed by atoms with van der Waals surface area (Å²) < 4.78 is 40.7. The second-order valence-corrected chi connectivity index (χ2v) is 19.1. The molecular formula is C49H56ClN9O5S. The van der Waals surface area contributed by atoms with Gasteiger partial charge in [-0.2, -0.15) is 10.2 Å². The molecule has 7 aromatic rings. The van der Waals surface area contributed by atoms with Crippen molar-refractivity contribution in [3.05, 3.63) is 123 Å². The first-order chi connectivity index (χ1) is 31.5. The van der Waals surface area contributed by atoms with Gasteiger partial charge in [-0.05, 0) is 84.7 Å². The number of halogens is 1. The summed E-state index contributed by atoms with van der Waals surface area (Å²) in [7, 11) is 10.9. The molecule has 2 aliphatic rings. The number of aromatic nitrogens is 5. The Labute approximate surface area is 387 Å². The van der Waals surface area contributed by atoms with E-state index in [-0.39, 0.29) is 6.61 Å². The molecule has 1 N–H and O–H groups in total. The molecule has 0 amide bonds. The van der Waals surface area contributed by atoms with Crippen LogP contribution in [0.3, 0.4) is 0 Å². The molecule has 1 atom stereocenters. The molecular weight excluding hydrogens is 862 g/mol. The van der Waals surface area contributed by atoms with E-state index in [2.05, 4.69) is 58.7 Å². The summed E-state index contributed by atoms with van der Waals surface area (Å²) in [5, 5.41) is 17.3. The number of carbonyl (C=O) groups is 1. The van der Waals surface area contributed by atoms with Gasteiger partial charge in [-0.15, -0.1) is 0 Å². The summed E-state index contributed by atoms with van der Waals surface area (Å²) >= 11 is 6.18. The van der Waals surface area contributed by atoms with Gasteiger partial charge in [0.25, 0.3) is 0 Å². The van der Waals surface area contributed by atoms with Crippen molar-refractivity contribution < 1.29 is 23.2 Å². The average molecular weight is 919 g/mol. The molecule has 4 aromatic carbocycles. The van der Waals surface area contributed by atoms with Crippen LogP contribution in [0.2, 0.25) is 5.02 Å². The second kappa shape index (κ2) is 19.0. The number of aryl methyl sites for hydroxylation is 6. The maximum Gasteiger partial charge on any atom is 0.354 e. The number of anilines is 1. The van der Waals surface area contributed by atoms with Gasteiger partial charge in [0, 0.05) is 108 Å². The van der Waals surface area contributed by atoms with Crippen LogP contribution in [0.25, 0.3) is 32.8 Å². The normalized spacial score (nSPS) is 15.8. The van der Waals surface area contributed by atoms with Crippen molar-refractivity contribution in [3.8, 4) is 22.6 Å². The maximum absolute atomic E-state index is 13.7.